The molecule has 0 aromatic rings. The van der Waals surface area contributed by atoms with Crippen LogP contribution in [0.4, 0.5) is 35.1 Å². The maximum atomic E-state index is 13.7. The van der Waals surface area contributed by atoms with E-state index in [1.807, 2.05) is 0 Å². The summed E-state index contributed by atoms with van der Waals surface area (Å²) >= 11 is 0. The minimum Gasteiger partial charge on any atom is -0.284 e. The van der Waals surface area contributed by atoms with Crippen LogP contribution < -0.4 is 0 Å². The molecule has 1 unspecified atom stereocenters. The summed E-state index contributed by atoms with van der Waals surface area (Å²) in [5, 5.41) is 0. The molecule has 10 heteroatoms. The zero-order valence-corrected chi connectivity index (χ0v) is 11.0. The van der Waals surface area contributed by atoms with Crippen LogP contribution >= 0.6 is 0 Å². The van der Waals surface area contributed by atoms with Gasteiger partial charge < -0.3 is 0 Å². The van der Waals surface area contributed by atoms with Crippen molar-refractivity contribution in [1.29, 1.82) is 0 Å². The zero-order chi connectivity index (χ0) is 16.6. The van der Waals surface area contributed by atoms with Crippen LogP contribution in [0.3, 0.4) is 0 Å². The lowest BCUT2D eigenvalue weighted by atomic mass is 10.0. The number of rotatable bonds is 3. The number of halogens is 8. The fraction of sp³-hybridized carbons (Fsp3) is 0.818. The van der Waals surface area contributed by atoms with Crippen molar-refractivity contribution in [2.75, 3.05) is 26.2 Å². The minimum absolute atomic E-state index is 0.00412. The van der Waals surface area contributed by atoms with Gasteiger partial charge in [-0.2, -0.15) is 35.1 Å². The third-order valence-electron chi connectivity index (χ3n) is 3.26. The summed E-state index contributed by atoms with van der Waals surface area (Å²) in [7, 11) is 0. The Morgan fingerprint density at radius 3 is 1.62 bits per heavy atom. The summed E-state index contributed by atoms with van der Waals surface area (Å²) < 4.78 is 103. The van der Waals surface area contributed by atoms with E-state index in [1.54, 1.807) is 0 Å². The van der Waals surface area contributed by atoms with Crippen LogP contribution in [0, 0.1) is 0 Å². The molecule has 0 aliphatic carbocycles. The van der Waals surface area contributed by atoms with Gasteiger partial charge in [0, 0.05) is 26.2 Å². The Balaban J connectivity index is 2.92. The molecule has 124 valence electrons. The van der Waals surface area contributed by atoms with Gasteiger partial charge in [0.15, 0.2) is 6.04 Å². The molecule has 1 fully saturated rings. The molecule has 0 aromatic carbocycles. The maximum absolute atomic E-state index is 13.7. The summed E-state index contributed by atoms with van der Waals surface area (Å²) in [5.74, 6) is -4.27. The number of piperazine rings is 1. The Kier molecular flexibility index (Phi) is 4.94. The van der Waals surface area contributed by atoms with Gasteiger partial charge in [0.1, 0.15) is 0 Å². The second-order valence-electron chi connectivity index (χ2n) is 4.84. The molecule has 21 heavy (non-hydrogen) atoms. The first kappa shape index (κ1) is 18.1. The van der Waals surface area contributed by atoms with Crippen molar-refractivity contribution in [3.05, 3.63) is 12.2 Å². The van der Waals surface area contributed by atoms with Crippen molar-refractivity contribution < 1.29 is 35.1 Å². The summed E-state index contributed by atoms with van der Waals surface area (Å²) in [4.78, 5) is 0.326. The average molecular weight is 326 g/mol. The average Bonchev–Trinajstić information content (AvgIpc) is 2.25. The van der Waals surface area contributed by atoms with Gasteiger partial charge in [0.25, 0.3) is 5.92 Å². The molecular weight excluding hydrogens is 312 g/mol. The zero-order valence-electron chi connectivity index (χ0n) is 11.0. The molecule has 1 heterocycles. The van der Waals surface area contributed by atoms with Crippen LogP contribution in [0.5, 0.6) is 0 Å². The number of hydrogen-bond acceptors (Lipinski definition) is 2. The molecule has 1 rings (SSSR count). The second kappa shape index (κ2) is 5.71. The van der Waals surface area contributed by atoms with E-state index in [0.717, 1.165) is 6.92 Å². The quantitative estimate of drug-likeness (QED) is 0.446. The standard InChI is InChI=1S/C11H14F8N2/c1-7(2)9(12,13)8(10(14,15)16)20-3-5-21(6-4-20)11(17,18)19/h8H,1,3-6H2,2H3. The smallest absolute Gasteiger partial charge is 0.284 e. The predicted octanol–water partition coefficient (Wildman–Crippen LogP) is 3.27. The molecule has 0 radical (unpaired) electrons. The summed E-state index contributed by atoms with van der Waals surface area (Å²) in [6, 6.07) is -3.17. The largest absolute Gasteiger partial charge is 0.460 e. The van der Waals surface area contributed by atoms with Crippen molar-refractivity contribution in [3.63, 3.8) is 0 Å². The van der Waals surface area contributed by atoms with Gasteiger partial charge in [-0.1, -0.05) is 6.58 Å². The third-order valence-corrected chi connectivity index (χ3v) is 3.26. The number of hydrogen-bond donors (Lipinski definition) is 0. The van der Waals surface area contributed by atoms with E-state index >= 15 is 0 Å². The van der Waals surface area contributed by atoms with E-state index in [2.05, 4.69) is 6.58 Å². The van der Waals surface area contributed by atoms with Gasteiger partial charge >= 0.3 is 12.5 Å². The van der Waals surface area contributed by atoms with E-state index in [9.17, 15) is 35.1 Å². The predicted molar refractivity (Wildman–Crippen MR) is 58.8 cm³/mol. The molecule has 0 saturated carbocycles. The van der Waals surface area contributed by atoms with Gasteiger partial charge in [-0.25, -0.2) is 4.90 Å². The van der Waals surface area contributed by atoms with Gasteiger partial charge in [0.2, 0.25) is 0 Å². The summed E-state index contributed by atoms with van der Waals surface area (Å²) in [6.45, 7) is 0.504. The van der Waals surface area contributed by atoms with E-state index in [0.29, 0.717) is 4.90 Å². The Labute approximate surface area is 116 Å². The minimum atomic E-state index is -5.27. The maximum Gasteiger partial charge on any atom is 0.460 e. The Hall–Kier alpha value is -0.900. The second-order valence-corrected chi connectivity index (χ2v) is 4.84. The lowest BCUT2D eigenvalue weighted by Crippen LogP contribution is -2.62. The first-order chi connectivity index (χ1) is 9.28. The topological polar surface area (TPSA) is 6.48 Å². The van der Waals surface area contributed by atoms with Crippen molar-refractivity contribution in [3.8, 4) is 0 Å². The monoisotopic (exact) mass is 326 g/mol. The van der Waals surface area contributed by atoms with Crippen LogP contribution in [0.1, 0.15) is 6.92 Å². The lowest BCUT2D eigenvalue weighted by molar-refractivity contribution is -0.270. The highest BCUT2D eigenvalue weighted by atomic mass is 19.4. The molecule has 0 spiro atoms. The van der Waals surface area contributed by atoms with E-state index in [4.69, 9.17) is 0 Å². The van der Waals surface area contributed by atoms with Crippen molar-refractivity contribution >= 4 is 0 Å². The SMILES string of the molecule is C=C(C)C(F)(F)C(N1CCN(C(F)(F)F)CC1)C(F)(F)F. The molecule has 1 aliphatic rings. The van der Waals surface area contributed by atoms with Crippen LogP contribution in [-0.4, -0.2) is 60.4 Å². The molecule has 1 aliphatic heterocycles. The Morgan fingerprint density at radius 2 is 1.33 bits per heavy atom. The molecule has 0 bridgehead atoms. The van der Waals surface area contributed by atoms with Gasteiger partial charge in [-0.3, -0.25) is 4.90 Å². The molecule has 0 amide bonds. The van der Waals surface area contributed by atoms with Crippen LogP contribution in [0.15, 0.2) is 12.2 Å². The van der Waals surface area contributed by atoms with E-state index < -0.39 is 56.2 Å². The number of alkyl halides is 8. The molecule has 0 N–H and O–H groups in total. The third kappa shape index (κ3) is 4.06. The number of nitrogens with zero attached hydrogens (tertiary/aromatic N) is 2. The summed E-state index contributed by atoms with van der Waals surface area (Å²) in [6.07, 6.45) is -9.96. The van der Waals surface area contributed by atoms with Crippen molar-refractivity contribution in [2.45, 2.75) is 31.4 Å². The highest BCUT2D eigenvalue weighted by molar-refractivity contribution is 5.12. The van der Waals surface area contributed by atoms with E-state index in [-0.39, 0.29) is 4.90 Å². The highest BCUT2D eigenvalue weighted by Crippen LogP contribution is 2.40. The molecule has 1 saturated heterocycles. The van der Waals surface area contributed by atoms with Gasteiger partial charge in [-0.05, 0) is 12.5 Å². The fourth-order valence-electron chi connectivity index (χ4n) is 2.11. The first-order valence-corrected chi connectivity index (χ1v) is 5.94. The fourth-order valence-corrected chi connectivity index (χ4v) is 2.11. The van der Waals surface area contributed by atoms with E-state index in [1.165, 1.54) is 0 Å². The van der Waals surface area contributed by atoms with Crippen molar-refractivity contribution in [1.82, 2.24) is 9.80 Å². The molecule has 0 aromatic heterocycles. The van der Waals surface area contributed by atoms with Crippen LogP contribution in [0.25, 0.3) is 0 Å². The van der Waals surface area contributed by atoms with Crippen LogP contribution in [-0.2, 0) is 0 Å². The Bertz CT molecular complexity index is 379. The molecule has 2 nitrogen and oxygen atoms in total. The lowest BCUT2D eigenvalue weighted by Gasteiger charge is -2.42. The first-order valence-electron chi connectivity index (χ1n) is 5.94. The summed E-state index contributed by atoms with van der Waals surface area (Å²) in [5.41, 5.74) is -0.983. The van der Waals surface area contributed by atoms with Crippen molar-refractivity contribution in [2.24, 2.45) is 0 Å². The van der Waals surface area contributed by atoms with Gasteiger partial charge in [-0.15, -0.1) is 0 Å². The normalized spacial score (nSPS) is 21.4. The molecular formula is C11H14F8N2. The van der Waals surface area contributed by atoms with Gasteiger partial charge in [0.05, 0.1) is 0 Å². The van der Waals surface area contributed by atoms with Crippen LogP contribution in [0.2, 0.25) is 0 Å². The Morgan fingerprint density at radius 1 is 0.905 bits per heavy atom. The molecule has 1 atom stereocenters. The highest BCUT2D eigenvalue weighted by Gasteiger charge is 2.59.